The second kappa shape index (κ2) is 8.36. The molecule has 5 nitrogen and oxygen atoms in total. The summed E-state index contributed by atoms with van der Waals surface area (Å²) in [6, 6.07) is 14.8. The minimum atomic E-state index is 0.450. The van der Waals surface area contributed by atoms with Crippen LogP contribution in [0.25, 0.3) is 11.4 Å². The van der Waals surface area contributed by atoms with E-state index in [1.165, 1.54) is 5.56 Å². The van der Waals surface area contributed by atoms with Gasteiger partial charge in [-0.15, -0.1) is 0 Å². The van der Waals surface area contributed by atoms with Crippen LogP contribution in [0.5, 0.6) is 0 Å². The van der Waals surface area contributed by atoms with Crippen molar-refractivity contribution in [2.45, 2.75) is 32.2 Å². The normalized spacial score (nSPS) is 12.2. The summed E-state index contributed by atoms with van der Waals surface area (Å²) < 4.78 is 5.30. The van der Waals surface area contributed by atoms with E-state index >= 15 is 0 Å². The highest BCUT2D eigenvalue weighted by atomic mass is 16.5. The van der Waals surface area contributed by atoms with E-state index in [1.54, 1.807) is 12.4 Å². The average Bonchev–Trinajstić information content (AvgIpc) is 3.11. The van der Waals surface area contributed by atoms with Crippen molar-refractivity contribution in [3.8, 4) is 11.4 Å². The molecule has 3 rings (SSSR count). The number of hydrogen-bond donors (Lipinski definition) is 1. The van der Waals surface area contributed by atoms with Crippen LogP contribution in [0.3, 0.4) is 0 Å². The Hall–Kier alpha value is -2.53. The van der Waals surface area contributed by atoms with Gasteiger partial charge in [-0.05, 0) is 37.5 Å². The third-order valence-electron chi connectivity index (χ3n) is 3.93. The van der Waals surface area contributed by atoms with E-state index < -0.39 is 0 Å². The molecule has 3 aromatic rings. The Kier molecular flexibility index (Phi) is 5.69. The van der Waals surface area contributed by atoms with Gasteiger partial charge < -0.3 is 9.84 Å². The van der Waals surface area contributed by atoms with Crippen molar-refractivity contribution in [3.63, 3.8) is 0 Å². The number of nitrogens with zero attached hydrogens (tertiary/aromatic N) is 3. The van der Waals surface area contributed by atoms with Gasteiger partial charge in [0.05, 0.1) is 0 Å². The second-order valence-corrected chi connectivity index (χ2v) is 5.88. The van der Waals surface area contributed by atoms with E-state index in [-0.39, 0.29) is 0 Å². The van der Waals surface area contributed by atoms with E-state index in [0.717, 1.165) is 31.4 Å². The van der Waals surface area contributed by atoms with Crippen LogP contribution in [0.15, 0.2) is 59.4 Å². The molecule has 0 radical (unpaired) electrons. The van der Waals surface area contributed by atoms with Crippen LogP contribution in [0.1, 0.15) is 24.8 Å². The number of nitrogens with one attached hydrogen (secondary N) is 1. The van der Waals surface area contributed by atoms with Gasteiger partial charge in [0.15, 0.2) is 0 Å². The van der Waals surface area contributed by atoms with Crippen LogP contribution in [0.4, 0.5) is 0 Å². The molecule has 0 aliphatic carbocycles. The molecule has 0 spiro atoms. The molecule has 0 saturated carbocycles. The first kappa shape index (κ1) is 16.3. The summed E-state index contributed by atoms with van der Waals surface area (Å²) in [5.41, 5.74) is 2.25. The SMILES string of the molecule is CC(CCc1ccccc1)NCCc1nc(-c2cccnc2)no1. The molecule has 1 aromatic carbocycles. The Morgan fingerprint density at radius 3 is 2.75 bits per heavy atom. The number of hydrogen-bond acceptors (Lipinski definition) is 5. The van der Waals surface area contributed by atoms with Crippen LogP contribution in [-0.4, -0.2) is 27.7 Å². The number of benzene rings is 1. The molecule has 0 saturated heterocycles. The Morgan fingerprint density at radius 2 is 1.96 bits per heavy atom. The molecule has 0 bridgehead atoms. The summed E-state index contributed by atoms with van der Waals surface area (Å²) in [4.78, 5) is 8.48. The first-order chi connectivity index (χ1) is 11.8. The van der Waals surface area contributed by atoms with Crippen molar-refractivity contribution in [2.75, 3.05) is 6.54 Å². The zero-order valence-corrected chi connectivity index (χ0v) is 13.9. The predicted octanol–water partition coefficient (Wildman–Crippen LogP) is 3.29. The first-order valence-corrected chi connectivity index (χ1v) is 8.31. The fraction of sp³-hybridized carbons (Fsp3) is 0.316. The maximum atomic E-state index is 5.30. The second-order valence-electron chi connectivity index (χ2n) is 5.88. The monoisotopic (exact) mass is 322 g/mol. The molecule has 1 N–H and O–H groups in total. The van der Waals surface area contributed by atoms with Gasteiger partial charge in [0.2, 0.25) is 11.7 Å². The molecule has 0 aliphatic heterocycles. The summed E-state index contributed by atoms with van der Waals surface area (Å²) in [6.45, 7) is 3.03. The maximum Gasteiger partial charge on any atom is 0.228 e. The molecule has 1 unspecified atom stereocenters. The van der Waals surface area contributed by atoms with Crippen LogP contribution in [0, 0.1) is 0 Å². The Balaban J connectivity index is 1.41. The van der Waals surface area contributed by atoms with Crippen molar-refractivity contribution in [3.05, 3.63) is 66.3 Å². The molecule has 1 atom stereocenters. The van der Waals surface area contributed by atoms with Gasteiger partial charge in [0.1, 0.15) is 0 Å². The highest BCUT2D eigenvalue weighted by Gasteiger charge is 2.09. The van der Waals surface area contributed by atoms with E-state index in [4.69, 9.17) is 4.52 Å². The third kappa shape index (κ3) is 4.73. The molecule has 0 aliphatic rings. The topological polar surface area (TPSA) is 63.8 Å². The first-order valence-electron chi connectivity index (χ1n) is 8.31. The minimum absolute atomic E-state index is 0.450. The summed E-state index contributed by atoms with van der Waals surface area (Å²) in [5, 5.41) is 7.52. The largest absolute Gasteiger partial charge is 0.339 e. The summed E-state index contributed by atoms with van der Waals surface area (Å²) in [5.74, 6) is 1.24. The molecular formula is C19H22N4O. The molecular weight excluding hydrogens is 300 g/mol. The molecule has 24 heavy (non-hydrogen) atoms. The summed E-state index contributed by atoms with van der Waals surface area (Å²) in [7, 11) is 0. The summed E-state index contributed by atoms with van der Waals surface area (Å²) in [6.07, 6.45) is 6.38. The minimum Gasteiger partial charge on any atom is -0.339 e. The van der Waals surface area contributed by atoms with Crippen LogP contribution in [-0.2, 0) is 12.8 Å². The predicted molar refractivity (Wildman–Crippen MR) is 93.5 cm³/mol. The van der Waals surface area contributed by atoms with E-state index in [9.17, 15) is 0 Å². The Bertz CT molecular complexity index is 727. The van der Waals surface area contributed by atoms with Gasteiger partial charge in [0.25, 0.3) is 0 Å². The molecule has 2 aromatic heterocycles. The number of aryl methyl sites for hydroxylation is 1. The smallest absolute Gasteiger partial charge is 0.228 e. The Labute approximate surface area is 142 Å². The quantitative estimate of drug-likeness (QED) is 0.689. The lowest BCUT2D eigenvalue weighted by atomic mass is 10.1. The maximum absolute atomic E-state index is 5.30. The number of pyridine rings is 1. The molecule has 0 amide bonds. The zero-order valence-electron chi connectivity index (χ0n) is 13.9. The van der Waals surface area contributed by atoms with Crippen molar-refractivity contribution < 1.29 is 4.52 Å². The fourth-order valence-corrected chi connectivity index (χ4v) is 2.52. The van der Waals surface area contributed by atoms with E-state index in [2.05, 4.69) is 57.7 Å². The van der Waals surface area contributed by atoms with Gasteiger partial charge in [-0.3, -0.25) is 4.98 Å². The molecule has 0 fully saturated rings. The number of rotatable bonds is 8. The van der Waals surface area contributed by atoms with Crippen LogP contribution >= 0.6 is 0 Å². The van der Waals surface area contributed by atoms with Crippen molar-refractivity contribution in [2.24, 2.45) is 0 Å². The average molecular weight is 322 g/mol. The molecule has 5 heteroatoms. The fourth-order valence-electron chi connectivity index (χ4n) is 2.52. The standard InChI is InChI=1S/C19H22N4O/c1-15(9-10-16-6-3-2-4-7-16)21-13-11-18-22-19(23-24-18)17-8-5-12-20-14-17/h2-8,12,14-15,21H,9-11,13H2,1H3. The van der Waals surface area contributed by atoms with Crippen molar-refractivity contribution >= 4 is 0 Å². The van der Waals surface area contributed by atoms with E-state index in [1.807, 2.05) is 12.1 Å². The lowest BCUT2D eigenvalue weighted by Gasteiger charge is -2.12. The third-order valence-corrected chi connectivity index (χ3v) is 3.93. The van der Waals surface area contributed by atoms with Gasteiger partial charge >= 0.3 is 0 Å². The zero-order chi connectivity index (χ0) is 16.6. The van der Waals surface area contributed by atoms with E-state index in [0.29, 0.717) is 17.8 Å². The Morgan fingerprint density at radius 1 is 1.08 bits per heavy atom. The van der Waals surface area contributed by atoms with Crippen molar-refractivity contribution in [1.29, 1.82) is 0 Å². The lowest BCUT2D eigenvalue weighted by molar-refractivity contribution is 0.372. The van der Waals surface area contributed by atoms with Gasteiger partial charge in [0, 0.05) is 37.0 Å². The van der Waals surface area contributed by atoms with Crippen LogP contribution < -0.4 is 5.32 Å². The lowest BCUT2D eigenvalue weighted by Crippen LogP contribution is -2.28. The molecule has 2 heterocycles. The molecule has 124 valence electrons. The van der Waals surface area contributed by atoms with Crippen molar-refractivity contribution in [1.82, 2.24) is 20.4 Å². The van der Waals surface area contributed by atoms with Crippen LogP contribution in [0.2, 0.25) is 0 Å². The van der Waals surface area contributed by atoms with Gasteiger partial charge in [-0.25, -0.2) is 0 Å². The van der Waals surface area contributed by atoms with Gasteiger partial charge in [-0.2, -0.15) is 4.98 Å². The number of aromatic nitrogens is 3. The highest BCUT2D eigenvalue weighted by Crippen LogP contribution is 2.13. The van der Waals surface area contributed by atoms with Gasteiger partial charge in [-0.1, -0.05) is 35.5 Å². The summed E-state index contributed by atoms with van der Waals surface area (Å²) >= 11 is 0. The highest BCUT2D eigenvalue weighted by molar-refractivity contribution is 5.51.